The van der Waals surface area contributed by atoms with Crippen molar-refractivity contribution in [2.45, 2.75) is 6.42 Å². The Hall–Kier alpha value is -1.14. The van der Waals surface area contributed by atoms with Crippen LogP contribution in [-0.4, -0.2) is 10.8 Å². The van der Waals surface area contributed by atoms with Crippen LogP contribution in [-0.2, 0) is 6.42 Å². The molecule has 2 rings (SSSR count). The topological polar surface area (TPSA) is 30.0 Å². The molecule has 0 radical (unpaired) electrons. The van der Waals surface area contributed by atoms with Gasteiger partial charge in [0.1, 0.15) is 11.6 Å². The second-order valence-electron chi connectivity index (χ2n) is 3.86. The third kappa shape index (κ3) is 3.45. The van der Waals surface area contributed by atoms with Crippen LogP contribution in [0, 0.1) is 11.6 Å². The normalized spacial score (nSPS) is 10.5. The van der Waals surface area contributed by atoms with Crippen molar-refractivity contribution in [2.24, 2.45) is 0 Å². The number of benzene rings is 1. The van der Waals surface area contributed by atoms with E-state index in [4.69, 9.17) is 0 Å². The lowest BCUT2D eigenvalue weighted by Gasteiger charge is -2.05. The van der Waals surface area contributed by atoms with E-state index in [1.807, 2.05) is 0 Å². The fourth-order valence-corrected chi connectivity index (χ4v) is 2.45. The number of carbonyl (C=O) groups excluding carboxylic acids is 1. The van der Waals surface area contributed by atoms with E-state index < -0.39 is 23.0 Å². The number of pyridine rings is 1. The Morgan fingerprint density at radius 2 is 1.68 bits per heavy atom. The number of hydrogen-bond donors (Lipinski definition) is 0. The van der Waals surface area contributed by atoms with E-state index >= 15 is 0 Å². The molecule has 0 atom stereocenters. The van der Waals surface area contributed by atoms with Gasteiger partial charge in [-0.15, -0.1) is 0 Å². The van der Waals surface area contributed by atoms with Gasteiger partial charge in [-0.2, -0.15) is 0 Å². The van der Waals surface area contributed by atoms with E-state index in [2.05, 4.69) is 36.8 Å². The molecular weight excluding hydrogens is 384 g/mol. The van der Waals surface area contributed by atoms with Crippen LogP contribution in [0.1, 0.15) is 15.9 Å². The first-order chi connectivity index (χ1) is 8.97. The number of rotatable bonds is 3. The van der Waals surface area contributed by atoms with Gasteiger partial charge in [0.25, 0.3) is 0 Å². The number of halogens is 4. The maximum absolute atomic E-state index is 13.6. The number of carbonyl (C=O) groups is 1. The van der Waals surface area contributed by atoms with Crippen LogP contribution < -0.4 is 0 Å². The summed E-state index contributed by atoms with van der Waals surface area (Å²) in [7, 11) is 0. The molecule has 1 aromatic heterocycles. The molecule has 0 unspecified atom stereocenters. The van der Waals surface area contributed by atoms with E-state index in [-0.39, 0.29) is 10.9 Å². The minimum absolute atomic E-state index is 0.109. The van der Waals surface area contributed by atoms with Gasteiger partial charge in [-0.25, -0.2) is 8.78 Å². The summed E-state index contributed by atoms with van der Waals surface area (Å²) in [6, 6.07) is 3.81. The standard InChI is InChI=1S/C13H7Br2F2NO/c14-8-3-10(16)13(11(17)4-8)12(19)2-7-1-9(15)6-18-5-7/h1,3-6H,2H2. The summed E-state index contributed by atoms with van der Waals surface area (Å²) >= 11 is 6.18. The molecule has 98 valence electrons. The van der Waals surface area contributed by atoms with Crippen molar-refractivity contribution >= 4 is 37.6 Å². The molecule has 0 saturated carbocycles. The number of Topliss-reactive ketones (excluding diaryl/α,β-unsaturated/α-hetero) is 1. The van der Waals surface area contributed by atoms with Crippen LogP contribution in [0.4, 0.5) is 8.78 Å². The van der Waals surface area contributed by atoms with Gasteiger partial charge in [0, 0.05) is 27.8 Å². The monoisotopic (exact) mass is 389 g/mol. The van der Waals surface area contributed by atoms with Crippen molar-refractivity contribution in [2.75, 3.05) is 0 Å². The minimum Gasteiger partial charge on any atom is -0.294 e. The van der Waals surface area contributed by atoms with Crippen molar-refractivity contribution in [1.29, 1.82) is 0 Å². The zero-order valence-electron chi connectivity index (χ0n) is 9.46. The Morgan fingerprint density at radius 3 is 2.26 bits per heavy atom. The zero-order chi connectivity index (χ0) is 14.0. The highest BCUT2D eigenvalue weighted by molar-refractivity contribution is 9.10. The first kappa shape index (κ1) is 14.3. The SMILES string of the molecule is O=C(Cc1cncc(Br)c1)c1c(F)cc(Br)cc1F. The lowest BCUT2D eigenvalue weighted by molar-refractivity contribution is 0.0985. The maximum atomic E-state index is 13.6. The average Bonchev–Trinajstić information content (AvgIpc) is 2.27. The molecule has 19 heavy (non-hydrogen) atoms. The van der Waals surface area contributed by atoms with Gasteiger partial charge < -0.3 is 0 Å². The van der Waals surface area contributed by atoms with Crippen LogP contribution in [0.25, 0.3) is 0 Å². The second-order valence-corrected chi connectivity index (χ2v) is 5.69. The molecule has 0 aliphatic rings. The summed E-state index contributed by atoms with van der Waals surface area (Å²) in [6.45, 7) is 0. The van der Waals surface area contributed by atoms with E-state index in [0.29, 0.717) is 10.0 Å². The van der Waals surface area contributed by atoms with Crippen LogP contribution in [0.5, 0.6) is 0 Å². The average molecular weight is 391 g/mol. The van der Waals surface area contributed by atoms with Gasteiger partial charge in [-0.05, 0) is 39.7 Å². The largest absolute Gasteiger partial charge is 0.294 e. The molecule has 0 bridgehead atoms. The van der Waals surface area contributed by atoms with Crippen molar-refractivity contribution < 1.29 is 13.6 Å². The lowest BCUT2D eigenvalue weighted by atomic mass is 10.0. The van der Waals surface area contributed by atoms with Gasteiger partial charge in [-0.1, -0.05) is 15.9 Å². The molecule has 6 heteroatoms. The molecular formula is C13H7Br2F2NO. The summed E-state index contributed by atoms with van der Waals surface area (Å²) in [5, 5.41) is 0. The highest BCUT2D eigenvalue weighted by Crippen LogP contribution is 2.21. The van der Waals surface area contributed by atoms with Crippen LogP contribution >= 0.6 is 31.9 Å². The first-order valence-electron chi connectivity index (χ1n) is 5.24. The minimum atomic E-state index is -0.875. The summed E-state index contributed by atoms with van der Waals surface area (Å²) < 4.78 is 28.2. The Bertz CT molecular complexity index is 623. The van der Waals surface area contributed by atoms with Crippen LogP contribution in [0.15, 0.2) is 39.5 Å². The summed E-state index contributed by atoms with van der Waals surface area (Å²) in [6.07, 6.45) is 2.94. The fourth-order valence-electron chi connectivity index (χ4n) is 1.63. The molecule has 0 spiro atoms. The molecule has 0 aliphatic carbocycles. The van der Waals surface area contributed by atoms with Gasteiger partial charge in [0.05, 0.1) is 5.56 Å². The predicted octanol–water partition coefficient (Wildman–Crippen LogP) is 4.31. The molecule has 0 fully saturated rings. The Kier molecular flexibility index (Phi) is 4.42. The van der Waals surface area contributed by atoms with Gasteiger partial charge in [0.15, 0.2) is 5.78 Å². The van der Waals surface area contributed by atoms with Crippen molar-refractivity contribution in [3.8, 4) is 0 Å². The third-order valence-corrected chi connectivity index (χ3v) is 3.30. The van der Waals surface area contributed by atoms with Crippen molar-refractivity contribution in [1.82, 2.24) is 4.98 Å². The Morgan fingerprint density at radius 1 is 1.05 bits per heavy atom. The van der Waals surface area contributed by atoms with Gasteiger partial charge >= 0.3 is 0 Å². The summed E-state index contributed by atoms with van der Waals surface area (Å²) in [5.74, 6) is -2.37. The van der Waals surface area contributed by atoms with Crippen LogP contribution in [0.2, 0.25) is 0 Å². The van der Waals surface area contributed by atoms with Crippen LogP contribution in [0.3, 0.4) is 0 Å². The smallest absolute Gasteiger partial charge is 0.173 e. The van der Waals surface area contributed by atoms with Gasteiger partial charge in [-0.3, -0.25) is 9.78 Å². The molecule has 0 N–H and O–H groups in total. The quantitative estimate of drug-likeness (QED) is 0.731. The first-order valence-corrected chi connectivity index (χ1v) is 6.83. The van der Waals surface area contributed by atoms with E-state index in [1.165, 1.54) is 6.20 Å². The van der Waals surface area contributed by atoms with E-state index in [9.17, 15) is 13.6 Å². The number of ketones is 1. The summed E-state index contributed by atoms with van der Waals surface area (Å²) in [5.41, 5.74) is 0.0595. The molecule has 1 heterocycles. The lowest BCUT2D eigenvalue weighted by Crippen LogP contribution is -2.09. The van der Waals surface area contributed by atoms with E-state index in [0.717, 1.165) is 12.1 Å². The van der Waals surface area contributed by atoms with E-state index in [1.54, 1.807) is 12.3 Å². The molecule has 0 amide bonds. The molecule has 0 saturated heterocycles. The Balaban J connectivity index is 2.31. The molecule has 2 nitrogen and oxygen atoms in total. The third-order valence-electron chi connectivity index (χ3n) is 2.41. The molecule has 0 aliphatic heterocycles. The highest BCUT2D eigenvalue weighted by Gasteiger charge is 2.18. The van der Waals surface area contributed by atoms with Crippen molar-refractivity contribution in [3.63, 3.8) is 0 Å². The number of hydrogen-bond acceptors (Lipinski definition) is 2. The molecule has 1 aromatic carbocycles. The highest BCUT2D eigenvalue weighted by atomic mass is 79.9. The maximum Gasteiger partial charge on any atom is 0.173 e. The second kappa shape index (κ2) is 5.88. The number of aromatic nitrogens is 1. The summed E-state index contributed by atoms with van der Waals surface area (Å²) in [4.78, 5) is 15.8. The predicted molar refractivity (Wildman–Crippen MR) is 74.0 cm³/mol. The molecule has 2 aromatic rings. The fraction of sp³-hybridized carbons (Fsp3) is 0.0769. The van der Waals surface area contributed by atoms with Gasteiger partial charge in [0.2, 0.25) is 0 Å². The zero-order valence-corrected chi connectivity index (χ0v) is 12.6. The number of nitrogens with zero attached hydrogens (tertiary/aromatic N) is 1. The Labute approximate surface area is 125 Å². The van der Waals surface area contributed by atoms with Crippen molar-refractivity contribution in [3.05, 3.63) is 62.3 Å².